The van der Waals surface area contributed by atoms with Crippen LogP contribution in [0.1, 0.15) is 11.1 Å². The first-order valence-corrected chi connectivity index (χ1v) is 9.42. The number of hydrogen-bond donors (Lipinski definition) is 2. The lowest BCUT2D eigenvalue weighted by Crippen LogP contribution is -2.26. The molecular weight excluding hydrogens is 362 g/mol. The molecular formula is C24H21N3O2. The summed E-state index contributed by atoms with van der Waals surface area (Å²) in [4.78, 5) is 0. The van der Waals surface area contributed by atoms with Crippen molar-refractivity contribution < 1.29 is 9.84 Å². The standard InChI is InChI=1S/C24H21N3O2/c25-14-17-5-9-21(10-6-17)29-22-11-7-20(8-12-22)27-15-18(13-19(26)16-28)23-3-1-2-4-24(23)27/h1-12,15,19,28H,13,16,26H2/t19-/m0/s1. The van der Waals surface area contributed by atoms with Crippen LogP contribution in [0.4, 0.5) is 0 Å². The number of aliphatic hydroxyl groups excluding tert-OH is 1. The maximum Gasteiger partial charge on any atom is 0.127 e. The topological polar surface area (TPSA) is 84.2 Å². The molecule has 1 heterocycles. The van der Waals surface area contributed by atoms with Crippen molar-refractivity contribution in [3.63, 3.8) is 0 Å². The number of para-hydroxylation sites is 1. The summed E-state index contributed by atoms with van der Waals surface area (Å²) < 4.78 is 7.99. The van der Waals surface area contributed by atoms with E-state index in [2.05, 4.69) is 29.0 Å². The number of aliphatic hydroxyl groups is 1. The van der Waals surface area contributed by atoms with Crippen molar-refractivity contribution in [3.05, 3.63) is 90.1 Å². The lowest BCUT2D eigenvalue weighted by Gasteiger charge is -2.09. The van der Waals surface area contributed by atoms with Crippen molar-refractivity contribution in [2.24, 2.45) is 5.73 Å². The molecule has 0 unspecified atom stereocenters. The molecule has 0 bridgehead atoms. The quantitative estimate of drug-likeness (QED) is 0.524. The fraction of sp³-hybridized carbons (Fsp3) is 0.125. The number of benzene rings is 3. The van der Waals surface area contributed by atoms with Gasteiger partial charge in [-0.05, 0) is 66.6 Å². The number of nitriles is 1. The van der Waals surface area contributed by atoms with E-state index in [9.17, 15) is 5.11 Å². The number of aromatic nitrogens is 1. The molecule has 5 heteroatoms. The van der Waals surface area contributed by atoms with Crippen LogP contribution in [-0.2, 0) is 6.42 Å². The van der Waals surface area contributed by atoms with E-state index in [1.807, 2.05) is 36.4 Å². The van der Waals surface area contributed by atoms with Gasteiger partial charge in [0.05, 0.1) is 23.8 Å². The van der Waals surface area contributed by atoms with Gasteiger partial charge >= 0.3 is 0 Å². The first kappa shape index (κ1) is 18.8. The molecule has 0 aliphatic heterocycles. The van der Waals surface area contributed by atoms with Gasteiger partial charge < -0.3 is 20.1 Å². The highest BCUT2D eigenvalue weighted by Crippen LogP contribution is 2.28. The Kier molecular flexibility index (Phi) is 5.30. The maximum absolute atomic E-state index is 9.31. The van der Waals surface area contributed by atoms with Crippen molar-refractivity contribution in [3.8, 4) is 23.3 Å². The van der Waals surface area contributed by atoms with Gasteiger partial charge in [0.2, 0.25) is 0 Å². The van der Waals surface area contributed by atoms with E-state index >= 15 is 0 Å². The molecule has 1 atom stereocenters. The van der Waals surface area contributed by atoms with Gasteiger partial charge in [-0.3, -0.25) is 0 Å². The fourth-order valence-corrected chi connectivity index (χ4v) is 3.38. The van der Waals surface area contributed by atoms with E-state index in [1.54, 1.807) is 24.3 Å². The summed E-state index contributed by atoms with van der Waals surface area (Å²) >= 11 is 0. The third-order valence-corrected chi connectivity index (χ3v) is 4.85. The van der Waals surface area contributed by atoms with Gasteiger partial charge in [0.25, 0.3) is 0 Å². The molecule has 3 N–H and O–H groups in total. The van der Waals surface area contributed by atoms with Gasteiger partial charge in [0.1, 0.15) is 11.5 Å². The summed E-state index contributed by atoms with van der Waals surface area (Å²) in [5, 5.41) is 19.3. The van der Waals surface area contributed by atoms with Gasteiger partial charge in [-0.1, -0.05) is 18.2 Å². The lowest BCUT2D eigenvalue weighted by molar-refractivity contribution is 0.265. The summed E-state index contributed by atoms with van der Waals surface area (Å²) in [6.45, 7) is -0.0408. The molecule has 4 aromatic rings. The molecule has 0 amide bonds. The van der Waals surface area contributed by atoms with Gasteiger partial charge in [0.15, 0.2) is 0 Å². The molecule has 3 aromatic carbocycles. The van der Waals surface area contributed by atoms with Crippen molar-refractivity contribution in [2.75, 3.05) is 6.61 Å². The number of ether oxygens (including phenoxy) is 1. The first-order chi connectivity index (χ1) is 14.2. The Morgan fingerprint density at radius 3 is 2.28 bits per heavy atom. The molecule has 5 nitrogen and oxygen atoms in total. The SMILES string of the molecule is N#Cc1ccc(Oc2ccc(-n3cc(C[C@H](N)CO)c4ccccc43)cc2)cc1. The highest BCUT2D eigenvalue weighted by Gasteiger charge is 2.12. The number of hydrogen-bond acceptors (Lipinski definition) is 4. The van der Waals surface area contributed by atoms with Crippen LogP contribution in [0.15, 0.2) is 79.0 Å². The summed E-state index contributed by atoms with van der Waals surface area (Å²) in [6.07, 6.45) is 2.70. The van der Waals surface area contributed by atoms with Crippen LogP contribution < -0.4 is 10.5 Å². The fourth-order valence-electron chi connectivity index (χ4n) is 3.38. The van der Waals surface area contributed by atoms with E-state index < -0.39 is 0 Å². The third-order valence-electron chi connectivity index (χ3n) is 4.85. The van der Waals surface area contributed by atoms with E-state index in [-0.39, 0.29) is 12.6 Å². The largest absolute Gasteiger partial charge is 0.457 e. The van der Waals surface area contributed by atoms with Crippen LogP contribution in [0.3, 0.4) is 0 Å². The van der Waals surface area contributed by atoms with E-state index in [1.165, 1.54) is 0 Å². The average molecular weight is 383 g/mol. The van der Waals surface area contributed by atoms with Crippen molar-refractivity contribution >= 4 is 10.9 Å². The third kappa shape index (κ3) is 3.99. The normalized spacial score (nSPS) is 11.9. The highest BCUT2D eigenvalue weighted by atomic mass is 16.5. The maximum atomic E-state index is 9.31. The molecule has 0 spiro atoms. The van der Waals surface area contributed by atoms with Gasteiger partial charge in [0, 0.05) is 23.3 Å². The zero-order valence-corrected chi connectivity index (χ0v) is 15.8. The Bertz CT molecular complexity index is 1160. The second-order valence-electron chi connectivity index (χ2n) is 6.92. The van der Waals surface area contributed by atoms with Crippen molar-refractivity contribution in [1.29, 1.82) is 5.26 Å². The number of rotatable bonds is 6. The first-order valence-electron chi connectivity index (χ1n) is 9.42. The summed E-state index contributed by atoms with van der Waals surface area (Å²) in [5.74, 6) is 1.40. The smallest absolute Gasteiger partial charge is 0.127 e. The minimum absolute atomic E-state index is 0.0408. The Labute approximate surface area is 169 Å². The van der Waals surface area contributed by atoms with Crippen LogP contribution >= 0.6 is 0 Å². The molecule has 0 saturated heterocycles. The predicted octanol–water partition coefficient (Wildman–Crippen LogP) is 4.16. The number of fused-ring (bicyclic) bond motifs is 1. The zero-order chi connectivity index (χ0) is 20.2. The summed E-state index contributed by atoms with van der Waals surface area (Å²) in [5.41, 5.74) is 9.78. The van der Waals surface area contributed by atoms with Crippen LogP contribution in [0.5, 0.6) is 11.5 Å². The van der Waals surface area contributed by atoms with Crippen molar-refractivity contribution in [2.45, 2.75) is 12.5 Å². The van der Waals surface area contributed by atoms with Gasteiger partial charge in [-0.25, -0.2) is 0 Å². The Morgan fingerprint density at radius 2 is 1.62 bits per heavy atom. The average Bonchev–Trinajstić information content (AvgIpc) is 3.13. The minimum Gasteiger partial charge on any atom is -0.457 e. The summed E-state index contributed by atoms with van der Waals surface area (Å²) in [6, 6.07) is 24.8. The van der Waals surface area contributed by atoms with Crippen molar-refractivity contribution in [1.82, 2.24) is 4.57 Å². The van der Waals surface area contributed by atoms with E-state index in [0.717, 1.165) is 27.9 Å². The molecule has 0 aliphatic rings. The lowest BCUT2D eigenvalue weighted by atomic mass is 10.1. The van der Waals surface area contributed by atoms with Crippen LogP contribution in [0.2, 0.25) is 0 Å². The monoisotopic (exact) mass is 383 g/mol. The Balaban J connectivity index is 1.61. The minimum atomic E-state index is -0.280. The van der Waals surface area contributed by atoms with E-state index in [4.69, 9.17) is 15.7 Å². The van der Waals surface area contributed by atoms with Gasteiger partial charge in [-0.2, -0.15) is 5.26 Å². The second kappa shape index (κ2) is 8.19. The number of nitrogens with zero attached hydrogens (tertiary/aromatic N) is 2. The Hall–Kier alpha value is -3.59. The molecule has 0 aliphatic carbocycles. The molecule has 4 rings (SSSR count). The number of nitrogens with two attached hydrogens (primary N) is 1. The molecule has 29 heavy (non-hydrogen) atoms. The highest BCUT2D eigenvalue weighted by molar-refractivity contribution is 5.85. The molecule has 144 valence electrons. The summed E-state index contributed by atoms with van der Waals surface area (Å²) in [7, 11) is 0. The van der Waals surface area contributed by atoms with E-state index in [0.29, 0.717) is 17.7 Å². The second-order valence-corrected chi connectivity index (χ2v) is 6.92. The molecule has 0 radical (unpaired) electrons. The zero-order valence-electron chi connectivity index (χ0n) is 15.8. The van der Waals surface area contributed by atoms with Crippen LogP contribution in [0.25, 0.3) is 16.6 Å². The van der Waals surface area contributed by atoms with Crippen LogP contribution in [0, 0.1) is 11.3 Å². The Morgan fingerprint density at radius 1 is 0.966 bits per heavy atom. The molecule has 0 saturated carbocycles. The van der Waals surface area contributed by atoms with Gasteiger partial charge in [-0.15, -0.1) is 0 Å². The van der Waals surface area contributed by atoms with Crippen LogP contribution in [-0.4, -0.2) is 22.3 Å². The molecule has 0 fully saturated rings. The predicted molar refractivity (Wildman–Crippen MR) is 113 cm³/mol. The molecule has 1 aromatic heterocycles.